The van der Waals surface area contributed by atoms with Crippen molar-refractivity contribution >= 4 is 56.0 Å². The molecular formula is C16H11N3O5S3. The minimum absolute atomic E-state index is 0.00148. The predicted molar refractivity (Wildman–Crippen MR) is 105 cm³/mol. The molecule has 138 valence electrons. The molecule has 27 heavy (non-hydrogen) atoms. The molecule has 0 atom stereocenters. The van der Waals surface area contributed by atoms with Gasteiger partial charge in [0, 0.05) is 12.1 Å². The van der Waals surface area contributed by atoms with Crippen molar-refractivity contribution in [2.75, 3.05) is 0 Å². The molecule has 1 N–H and O–H groups in total. The van der Waals surface area contributed by atoms with Crippen molar-refractivity contribution in [3.8, 4) is 0 Å². The number of hydrazine groups is 1. The van der Waals surface area contributed by atoms with Crippen LogP contribution < -0.4 is 4.83 Å². The summed E-state index contributed by atoms with van der Waals surface area (Å²) in [6.07, 6.45) is 1.49. The van der Waals surface area contributed by atoms with E-state index in [1.807, 2.05) is 0 Å². The number of benzene rings is 2. The summed E-state index contributed by atoms with van der Waals surface area (Å²) >= 11 is 6.03. The van der Waals surface area contributed by atoms with E-state index in [4.69, 9.17) is 12.2 Å². The Balaban J connectivity index is 1.82. The highest BCUT2D eigenvalue weighted by Crippen LogP contribution is 2.32. The Labute approximate surface area is 164 Å². The predicted octanol–water partition coefficient (Wildman–Crippen LogP) is 2.69. The number of carbonyl (C=O) groups excluding carboxylic acids is 1. The van der Waals surface area contributed by atoms with Gasteiger partial charge in [0.05, 0.1) is 14.7 Å². The van der Waals surface area contributed by atoms with Crippen LogP contribution in [0.1, 0.15) is 5.56 Å². The van der Waals surface area contributed by atoms with Gasteiger partial charge in [0.25, 0.3) is 21.6 Å². The molecule has 0 saturated carbocycles. The number of nitrogens with zero attached hydrogens (tertiary/aromatic N) is 2. The van der Waals surface area contributed by atoms with E-state index >= 15 is 0 Å². The molecule has 1 fully saturated rings. The first-order valence-electron chi connectivity index (χ1n) is 7.38. The van der Waals surface area contributed by atoms with Crippen molar-refractivity contribution in [3.63, 3.8) is 0 Å². The minimum atomic E-state index is -3.97. The lowest BCUT2D eigenvalue weighted by molar-refractivity contribution is -0.384. The van der Waals surface area contributed by atoms with Crippen molar-refractivity contribution in [2.24, 2.45) is 0 Å². The summed E-state index contributed by atoms with van der Waals surface area (Å²) in [5.74, 6) is -0.622. The topological polar surface area (TPSA) is 110 Å². The van der Waals surface area contributed by atoms with Crippen molar-refractivity contribution in [1.29, 1.82) is 0 Å². The molecule has 0 aliphatic carbocycles. The number of amides is 1. The first-order chi connectivity index (χ1) is 12.8. The van der Waals surface area contributed by atoms with Gasteiger partial charge in [0.1, 0.15) is 0 Å². The van der Waals surface area contributed by atoms with Gasteiger partial charge in [0.15, 0.2) is 4.32 Å². The van der Waals surface area contributed by atoms with Gasteiger partial charge in [-0.3, -0.25) is 14.9 Å². The van der Waals surface area contributed by atoms with Crippen molar-refractivity contribution < 1.29 is 18.1 Å². The van der Waals surface area contributed by atoms with Crippen LogP contribution in [0.2, 0.25) is 0 Å². The maximum Gasteiger partial charge on any atom is 0.281 e. The van der Waals surface area contributed by atoms with Gasteiger partial charge in [0.2, 0.25) is 0 Å². The molecule has 11 heteroatoms. The molecule has 1 heterocycles. The number of thioether (sulfide) groups is 1. The number of hydrogen-bond donors (Lipinski definition) is 1. The van der Waals surface area contributed by atoms with Gasteiger partial charge in [-0.15, -0.1) is 4.83 Å². The Hall–Kier alpha value is -2.60. The van der Waals surface area contributed by atoms with Crippen LogP contribution in [0, 0.1) is 10.1 Å². The van der Waals surface area contributed by atoms with Crippen LogP contribution in [0.4, 0.5) is 5.69 Å². The number of non-ortho nitro benzene ring substituents is 1. The molecule has 1 aliphatic heterocycles. The Bertz CT molecular complexity index is 1050. The molecule has 0 aromatic heterocycles. The fraction of sp³-hybridized carbons (Fsp3) is 0. The smallest absolute Gasteiger partial charge is 0.267 e. The van der Waals surface area contributed by atoms with Crippen molar-refractivity contribution in [1.82, 2.24) is 9.84 Å². The number of thiocarbonyl (C=S) groups is 1. The van der Waals surface area contributed by atoms with Crippen molar-refractivity contribution in [2.45, 2.75) is 4.90 Å². The van der Waals surface area contributed by atoms with E-state index in [1.165, 1.54) is 42.5 Å². The molecule has 0 radical (unpaired) electrons. The van der Waals surface area contributed by atoms with Gasteiger partial charge >= 0.3 is 0 Å². The first-order valence-corrected chi connectivity index (χ1v) is 10.1. The van der Waals surface area contributed by atoms with E-state index in [9.17, 15) is 23.3 Å². The maximum absolute atomic E-state index is 12.5. The average Bonchev–Trinajstić information content (AvgIpc) is 2.90. The lowest BCUT2D eigenvalue weighted by Crippen LogP contribution is -2.44. The van der Waals surface area contributed by atoms with E-state index in [0.29, 0.717) is 5.56 Å². The standard InChI is InChI=1S/C16H11N3O5S3/c20-15-14(10-11-6-8-12(9-7-11)19(21)22)26-16(25)18(15)17-27(23,24)13-4-2-1-3-5-13/h1-10,17H/b14-10+. The second-order valence-corrected chi connectivity index (χ2v) is 8.61. The van der Waals surface area contributed by atoms with Gasteiger partial charge in [-0.1, -0.05) is 42.2 Å². The van der Waals surface area contributed by atoms with E-state index in [-0.39, 0.29) is 19.8 Å². The quantitative estimate of drug-likeness (QED) is 0.342. The summed E-state index contributed by atoms with van der Waals surface area (Å²) in [5, 5.41) is 11.5. The average molecular weight is 421 g/mol. The molecule has 0 spiro atoms. The second kappa shape index (κ2) is 7.56. The van der Waals surface area contributed by atoms with E-state index in [0.717, 1.165) is 16.8 Å². The zero-order valence-electron chi connectivity index (χ0n) is 13.4. The first kappa shape index (κ1) is 19.2. The van der Waals surface area contributed by atoms with E-state index < -0.39 is 20.9 Å². The van der Waals surface area contributed by atoms with Crippen LogP contribution in [-0.2, 0) is 14.8 Å². The highest BCUT2D eigenvalue weighted by Gasteiger charge is 2.35. The number of nitrogens with one attached hydrogen (secondary N) is 1. The maximum atomic E-state index is 12.5. The Morgan fingerprint density at radius 2 is 1.74 bits per heavy atom. The zero-order valence-corrected chi connectivity index (χ0v) is 15.9. The number of carbonyl (C=O) groups is 1. The van der Waals surface area contributed by atoms with Crippen LogP contribution in [-0.4, -0.2) is 28.6 Å². The van der Waals surface area contributed by atoms with Crippen LogP contribution in [0.3, 0.4) is 0 Å². The second-order valence-electron chi connectivity index (χ2n) is 5.27. The Morgan fingerprint density at radius 3 is 2.33 bits per heavy atom. The number of hydrogen-bond acceptors (Lipinski definition) is 7. The van der Waals surface area contributed by atoms with Crippen LogP contribution in [0.25, 0.3) is 6.08 Å². The summed E-state index contributed by atoms with van der Waals surface area (Å²) in [4.78, 5) is 25.1. The molecule has 1 saturated heterocycles. The normalized spacial score (nSPS) is 16.1. The van der Waals surface area contributed by atoms with Crippen molar-refractivity contribution in [3.05, 3.63) is 75.2 Å². The van der Waals surface area contributed by atoms with Gasteiger partial charge < -0.3 is 0 Å². The summed E-state index contributed by atoms with van der Waals surface area (Å²) in [5.41, 5.74) is 0.474. The molecule has 1 aliphatic rings. The van der Waals surface area contributed by atoms with Crippen LogP contribution in [0.15, 0.2) is 64.4 Å². The number of sulfonamides is 1. The summed E-state index contributed by atoms with van der Waals surface area (Å²) < 4.78 is 24.8. The van der Waals surface area contributed by atoms with E-state index in [2.05, 4.69) is 4.83 Å². The molecule has 0 unspecified atom stereocenters. The highest BCUT2D eigenvalue weighted by atomic mass is 32.2. The zero-order chi connectivity index (χ0) is 19.6. The largest absolute Gasteiger partial charge is 0.281 e. The summed E-state index contributed by atoms with van der Waals surface area (Å²) in [6.45, 7) is 0. The van der Waals surface area contributed by atoms with Gasteiger partial charge in [-0.05, 0) is 35.9 Å². The number of nitro groups is 1. The van der Waals surface area contributed by atoms with Crippen LogP contribution >= 0.6 is 24.0 Å². The lowest BCUT2D eigenvalue weighted by Gasteiger charge is -2.15. The molecule has 0 bridgehead atoms. The van der Waals surface area contributed by atoms with Crippen LogP contribution in [0.5, 0.6) is 0 Å². The SMILES string of the molecule is O=C1/C(=C\c2ccc([N+](=O)[O-])cc2)SC(=S)N1NS(=O)(=O)c1ccccc1. The summed E-state index contributed by atoms with van der Waals surface area (Å²) in [6, 6.07) is 13.2. The molecule has 3 rings (SSSR count). The Kier molecular flexibility index (Phi) is 5.37. The number of nitro benzene ring substituents is 1. The Morgan fingerprint density at radius 1 is 1.11 bits per heavy atom. The fourth-order valence-corrected chi connectivity index (χ4v) is 4.49. The fourth-order valence-electron chi connectivity index (χ4n) is 2.16. The molecule has 1 amide bonds. The third-order valence-corrected chi connectivity index (χ3v) is 6.08. The van der Waals surface area contributed by atoms with E-state index in [1.54, 1.807) is 18.2 Å². The third-order valence-electron chi connectivity index (χ3n) is 3.46. The summed E-state index contributed by atoms with van der Waals surface area (Å²) in [7, 11) is -3.97. The van der Waals surface area contributed by atoms with Gasteiger partial charge in [-0.25, -0.2) is 13.4 Å². The third kappa shape index (κ3) is 4.22. The minimum Gasteiger partial charge on any atom is -0.267 e. The monoisotopic (exact) mass is 421 g/mol. The highest BCUT2D eigenvalue weighted by molar-refractivity contribution is 8.26. The lowest BCUT2D eigenvalue weighted by atomic mass is 10.2. The molecular weight excluding hydrogens is 410 g/mol. The number of rotatable bonds is 5. The van der Waals surface area contributed by atoms with Gasteiger partial charge in [-0.2, -0.15) is 0 Å². The molecule has 2 aromatic rings. The molecule has 8 nitrogen and oxygen atoms in total. The molecule has 2 aromatic carbocycles.